The van der Waals surface area contributed by atoms with Crippen LogP contribution in [-0.4, -0.2) is 58.1 Å². The van der Waals surface area contributed by atoms with Gasteiger partial charge < -0.3 is 25.4 Å². The average Bonchev–Trinajstić information content (AvgIpc) is 2.80. The molecule has 2 rings (SSSR count). The van der Waals surface area contributed by atoms with Gasteiger partial charge in [-0.05, 0) is 88.8 Å². The van der Waals surface area contributed by atoms with Gasteiger partial charge in [0.15, 0.2) is 0 Å². The van der Waals surface area contributed by atoms with E-state index in [1.54, 1.807) is 51.6 Å². The molecule has 0 radical (unpaired) electrons. The van der Waals surface area contributed by atoms with Crippen molar-refractivity contribution in [3.05, 3.63) is 59.2 Å². The molecule has 2 atom stereocenters. The summed E-state index contributed by atoms with van der Waals surface area (Å²) in [5.74, 6) is -0.224. The van der Waals surface area contributed by atoms with Crippen LogP contribution in [0.4, 0.5) is 10.5 Å². The Kier molecular flexibility index (Phi) is 10.9. The maximum absolute atomic E-state index is 13.9. The summed E-state index contributed by atoms with van der Waals surface area (Å²) in [7, 11) is 0. The van der Waals surface area contributed by atoms with Crippen molar-refractivity contribution in [1.82, 2.24) is 10.2 Å². The highest BCUT2D eigenvalue weighted by Gasteiger charge is 2.35. The van der Waals surface area contributed by atoms with Gasteiger partial charge in [0, 0.05) is 12.2 Å². The molecule has 37 heavy (non-hydrogen) atoms. The van der Waals surface area contributed by atoms with Gasteiger partial charge in [0.2, 0.25) is 5.91 Å². The van der Waals surface area contributed by atoms with Gasteiger partial charge in [-0.15, -0.1) is 0 Å². The first kappa shape index (κ1) is 30.0. The number of amides is 3. The molecule has 2 unspecified atom stereocenters. The normalized spacial score (nSPS) is 12.8. The zero-order chi connectivity index (χ0) is 27.8. The Morgan fingerprint density at radius 3 is 2.24 bits per heavy atom. The number of para-hydroxylation sites is 1. The minimum absolute atomic E-state index is 0.0170. The monoisotopic (exact) mass is 529 g/mol. The molecule has 3 amide bonds. The van der Waals surface area contributed by atoms with Gasteiger partial charge in [0.1, 0.15) is 23.4 Å². The fourth-order valence-corrected chi connectivity index (χ4v) is 4.45. The van der Waals surface area contributed by atoms with Gasteiger partial charge in [-0.2, -0.15) is 11.8 Å². The van der Waals surface area contributed by atoms with Crippen LogP contribution < -0.4 is 10.6 Å². The molecule has 3 N–H and O–H groups in total. The van der Waals surface area contributed by atoms with E-state index in [2.05, 4.69) is 10.6 Å². The number of alkyl carbamates (subject to hydrolysis) is 1. The fraction of sp³-hybridized carbons (Fsp3) is 0.464. The Labute approximate surface area is 224 Å². The number of carbonyl (C=O) groups excluding carboxylic acids is 3. The summed E-state index contributed by atoms with van der Waals surface area (Å²) >= 11 is 1.55. The molecule has 0 spiro atoms. The SMILES string of the molecule is CCN(C(=O)C(CCSC)NC(=O)OC(C)(C)C)C(C(=O)Nc1c(C)cccc1C)c1cccc(O)c1. The zero-order valence-electron chi connectivity index (χ0n) is 22.8. The number of phenols is 1. The number of aryl methyl sites for hydroxylation is 2. The number of nitrogens with one attached hydrogen (secondary N) is 2. The molecule has 0 saturated carbocycles. The van der Waals surface area contributed by atoms with Crippen LogP contribution in [0, 0.1) is 13.8 Å². The van der Waals surface area contributed by atoms with Crippen molar-refractivity contribution in [3.8, 4) is 5.75 Å². The fourth-order valence-electron chi connectivity index (χ4n) is 3.98. The standard InChI is InChI=1S/C28H39N3O5S/c1-8-31(26(34)22(15-16-37-7)29-27(35)36-28(4,5)6)24(20-13-10-14-21(32)17-20)25(33)30-23-18(2)11-9-12-19(23)3/h9-14,17,22,24,32H,8,15-16H2,1-7H3,(H,29,35)(H,30,33). The molecule has 202 valence electrons. The van der Waals surface area contributed by atoms with Crippen molar-refractivity contribution < 1.29 is 24.2 Å². The third kappa shape index (κ3) is 8.70. The zero-order valence-corrected chi connectivity index (χ0v) is 23.6. The lowest BCUT2D eigenvalue weighted by molar-refractivity contribution is -0.140. The summed E-state index contributed by atoms with van der Waals surface area (Å²) in [6, 6.07) is 10.1. The Hall–Kier alpha value is -3.20. The van der Waals surface area contributed by atoms with Gasteiger partial charge in [-0.1, -0.05) is 30.3 Å². The quantitative estimate of drug-likeness (QED) is 0.391. The van der Waals surface area contributed by atoms with Crippen LogP contribution in [0.3, 0.4) is 0 Å². The summed E-state index contributed by atoms with van der Waals surface area (Å²) in [5, 5.41) is 15.8. The van der Waals surface area contributed by atoms with Crippen molar-refractivity contribution in [2.75, 3.05) is 23.9 Å². The van der Waals surface area contributed by atoms with Crippen molar-refractivity contribution >= 4 is 35.4 Å². The Morgan fingerprint density at radius 2 is 1.70 bits per heavy atom. The van der Waals surface area contributed by atoms with Crippen LogP contribution in [-0.2, 0) is 14.3 Å². The molecule has 0 aromatic heterocycles. The maximum atomic E-state index is 13.9. The first-order chi connectivity index (χ1) is 17.4. The summed E-state index contributed by atoms with van der Waals surface area (Å²) in [4.78, 5) is 41.6. The molecular formula is C28H39N3O5S. The van der Waals surface area contributed by atoms with E-state index >= 15 is 0 Å². The molecular weight excluding hydrogens is 490 g/mol. The predicted molar refractivity (Wildman–Crippen MR) is 149 cm³/mol. The van der Waals surface area contributed by atoms with Crippen LogP contribution >= 0.6 is 11.8 Å². The minimum atomic E-state index is -1.04. The lowest BCUT2D eigenvalue weighted by atomic mass is 10.0. The van der Waals surface area contributed by atoms with Crippen molar-refractivity contribution in [2.45, 2.75) is 65.6 Å². The number of thioether (sulfide) groups is 1. The van der Waals surface area contributed by atoms with Gasteiger partial charge in [0.25, 0.3) is 5.91 Å². The molecule has 0 saturated heterocycles. The smallest absolute Gasteiger partial charge is 0.408 e. The third-order valence-corrected chi connectivity index (χ3v) is 6.34. The summed E-state index contributed by atoms with van der Waals surface area (Å²) in [6.07, 6.45) is 1.58. The molecule has 0 aliphatic rings. The van der Waals surface area contributed by atoms with Gasteiger partial charge in [0.05, 0.1) is 0 Å². The van der Waals surface area contributed by atoms with Crippen molar-refractivity contribution in [2.24, 2.45) is 0 Å². The second kappa shape index (κ2) is 13.4. The van der Waals surface area contributed by atoms with E-state index in [9.17, 15) is 19.5 Å². The van der Waals surface area contributed by atoms with E-state index in [4.69, 9.17) is 4.74 Å². The van der Waals surface area contributed by atoms with E-state index in [-0.39, 0.29) is 12.3 Å². The number of phenolic OH excluding ortho intramolecular Hbond substituents is 1. The minimum Gasteiger partial charge on any atom is -0.508 e. The number of likely N-dealkylation sites (N-methyl/N-ethyl adjacent to an activating group) is 1. The Balaban J connectivity index is 2.47. The van der Waals surface area contributed by atoms with E-state index in [0.29, 0.717) is 23.4 Å². The number of benzene rings is 2. The van der Waals surface area contributed by atoms with Crippen LogP contribution in [0.5, 0.6) is 5.75 Å². The third-order valence-electron chi connectivity index (χ3n) is 5.70. The number of anilines is 1. The molecule has 0 aliphatic heterocycles. The van der Waals surface area contributed by atoms with E-state index < -0.39 is 35.6 Å². The second-order valence-corrected chi connectivity index (χ2v) is 10.8. The van der Waals surface area contributed by atoms with Crippen LogP contribution in [0.2, 0.25) is 0 Å². The number of hydrogen-bond acceptors (Lipinski definition) is 6. The lowest BCUT2D eigenvalue weighted by Crippen LogP contribution is -2.52. The number of hydrogen-bond donors (Lipinski definition) is 3. The number of aromatic hydroxyl groups is 1. The molecule has 2 aromatic rings. The first-order valence-corrected chi connectivity index (χ1v) is 13.7. The van der Waals surface area contributed by atoms with E-state index in [1.807, 2.05) is 38.3 Å². The van der Waals surface area contributed by atoms with Crippen molar-refractivity contribution in [1.29, 1.82) is 0 Å². The van der Waals surface area contributed by atoms with Gasteiger partial charge in [-0.3, -0.25) is 9.59 Å². The largest absolute Gasteiger partial charge is 0.508 e. The highest BCUT2D eigenvalue weighted by molar-refractivity contribution is 7.98. The highest BCUT2D eigenvalue weighted by Crippen LogP contribution is 2.28. The summed E-state index contributed by atoms with van der Waals surface area (Å²) in [5.41, 5.74) is 2.19. The van der Waals surface area contributed by atoms with Crippen LogP contribution in [0.1, 0.15) is 56.8 Å². The lowest BCUT2D eigenvalue weighted by Gasteiger charge is -2.34. The Bertz CT molecular complexity index is 1080. The average molecular weight is 530 g/mol. The number of nitrogens with zero attached hydrogens (tertiary/aromatic N) is 1. The molecule has 2 aromatic carbocycles. The van der Waals surface area contributed by atoms with E-state index in [0.717, 1.165) is 11.1 Å². The van der Waals surface area contributed by atoms with Gasteiger partial charge >= 0.3 is 6.09 Å². The maximum Gasteiger partial charge on any atom is 0.408 e. The highest BCUT2D eigenvalue weighted by atomic mass is 32.2. The molecule has 0 heterocycles. The van der Waals surface area contributed by atoms with Gasteiger partial charge in [-0.25, -0.2) is 4.79 Å². The molecule has 0 bridgehead atoms. The summed E-state index contributed by atoms with van der Waals surface area (Å²) < 4.78 is 5.39. The van der Waals surface area contributed by atoms with E-state index in [1.165, 1.54) is 17.0 Å². The topological polar surface area (TPSA) is 108 Å². The molecule has 0 fully saturated rings. The Morgan fingerprint density at radius 1 is 1.08 bits per heavy atom. The van der Waals surface area contributed by atoms with Crippen LogP contribution in [0.25, 0.3) is 0 Å². The first-order valence-electron chi connectivity index (χ1n) is 12.3. The molecule has 9 heteroatoms. The number of rotatable bonds is 10. The molecule has 0 aliphatic carbocycles. The predicted octanol–water partition coefficient (Wildman–Crippen LogP) is 5.18. The number of carbonyl (C=O) groups is 3. The van der Waals surface area contributed by atoms with Crippen LogP contribution in [0.15, 0.2) is 42.5 Å². The molecule has 8 nitrogen and oxygen atoms in total. The number of ether oxygens (including phenoxy) is 1. The second-order valence-electron chi connectivity index (χ2n) is 9.86. The summed E-state index contributed by atoms with van der Waals surface area (Å²) in [6.45, 7) is 11.0. The van der Waals surface area contributed by atoms with Crippen molar-refractivity contribution in [3.63, 3.8) is 0 Å².